The number of aryl methyl sites for hydroxylation is 2. The average Bonchev–Trinajstić information content (AvgIpc) is 2.37. The summed E-state index contributed by atoms with van der Waals surface area (Å²) in [6.07, 6.45) is 1.95. The number of aromatic nitrogens is 1. The van der Waals surface area contributed by atoms with E-state index in [1.807, 2.05) is 6.92 Å². The van der Waals surface area contributed by atoms with Crippen molar-refractivity contribution in [3.63, 3.8) is 0 Å². The van der Waals surface area contributed by atoms with Gasteiger partial charge in [-0.1, -0.05) is 25.1 Å². The molecule has 1 aromatic heterocycles. The van der Waals surface area contributed by atoms with Crippen LogP contribution in [0, 0.1) is 13.8 Å². The first kappa shape index (κ1) is 17.5. The average molecular weight is 310 g/mol. The van der Waals surface area contributed by atoms with E-state index in [0.29, 0.717) is 17.1 Å². The first-order valence-corrected chi connectivity index (χ1v) is 7.90. The molecular formula is C15H22N2O3S. The van der Waals surface area contributed by atoms with E-state index in [1.165, 1.54) is 11.8 Å². The minimum Gasteiger partial charge on any atom is -0.478 e. The van der Waals surface area contributed by atoms with Crippen LogP contribution in [0.4, 0.5) is 0 Å². The molecule has 0 fully saturated rings. The van der Waals surface area contributed by atoms with Crippen LogP contribution in [0.15, 0.2) is 11.1 Å². The minimum atomic E-state index is -1.01. The van der Waals surface area contributed by atoms with Crippen molar-refractivity contribution in [1.82, 2.24) is 10.3 Å². The molecule has 1 unspecified atom stereocenters. The maximum atomic E-state index is 12.0. The van der Waals surface area contributed by atoms with Crippen LogP contribution < -0.4 is 5.32 Å². The summed E-state index contributed by atoms with van der Waals surface area (Å²) in [6, 6.07) is 1.74. The Labute approximate surface area is 129 Å². The van der Waals surface area contributed by atoms with Gasteiger partial charge in [0.2, 0.25) is 5.91 Å². The van der Waals surface area contributed by atoms with Gasteiger partial charge in [-0.2, -0.15) is 0 Å². The number of thioether (sulfide) groups is 1. The first-order chi connectivity index (χ1) is 9.86. The highest BCUT2D eigenvalue weighted by Crippen LogP contribution is 2.27. The van der Waals surface area contributed by atoms with E-state index >= 15 is 0 Å². The third kappa shape index (κ3) is 5.04. The van der Waals surface area contributed by atoms with Gasteiger partial charge >= 0.3 is 5.97 Å². The number of nitrogens with one attached hydrogen (secondary N) is 1. The summed E-state index contributed by atoms with van der Waals surface area (Å²) in [5.74, 6) is -1.10. The van der Waals surface area contributed by atoms with Crippen molar-refractivity contribution in [3.8, 4) is 0 Å². The molecule has 0 radical (unpaired) electrons. The number of carboxylic acid groups (broad SMARTS) is 1. The lowest BCUT2D eigenvalue weighted by Crippen LogP contribution is -2.31. The highest BCUT2D eigenvalue weighted by atomic mass is 32.2. The zero-order chi connectivity index (χ0) is 16.0. The van der Waals surface area contributed by atoms with Crippen molar-refractivity contribution in [2.24, 2.45) is 0 Å². The molecule has 0 aliphatic heterocycles. The molecule has 1 rings (SSSR count). The lowest BCUT2D eigenvalue weighted by Gasteiger charge is -2.14. The number of pyridine rings is 1. The van der Waals surface area contributed by atoms with Gasteiger partial charge in [0, 0.05) is 12.2 Å². The van der Waals surface area contributed by atoms with Crippen LogP contribution in [0.5, 0.6) is 0 Å². The van der Waals surface area contributed by atoms with Crippen LogP contribution in [0.3, 0.4) is 0 Å². The molecule has 0 aromatic carbocycles. The summed E-state index contributed by atoms with van der Waals surface area (Å²) < 4.78 is 0. The van der Waals surface area contributed by atoms with Crippen LogP contribution in [0.2, 0.25) is 0 Å². The van der Waals surface area contributed by atoms with E-state index in [1.54, 1.807) is 19.9 Å². The Hall–Kier alpha value is -1.56. The lowest BCUT2D eigenvalue weighted by molar-refractivity contribution is -0.120. The molecule has 1 atom stereocenters. The van der Waals surface area contributed by atoms with E-state index in [2.05, 4.69) is 17.2 Å². The summed E-state index contributed by atoms with van der Waals surface area (Å²) >= 11 is 1.19. The van der Waals surface area contributed by atoms with Gasteiger partial charge in [0.05, 0.1) is 10.8 Å². The molecule has 116 valence electrons. The highest BCUT2D eigenvalue weighted by Gasteiger charge is 2.21. The minimum absolute atomic E-state index is 0.0919. The molecule has 0 bridgehead atoms. The van der Waals surface area contributed by atoms with Gasteiger partial charge in [-0.3, -0.25) is 4.79 Å². The Kier molecular flexibility index (Phi) is 6.68. The van der Waals surface area contributed by atoms with Crippen LogP contribution >= 0.6 is 11.8 Å². The molecular weight excluding hydrogens is 288 g/mol. The van der Waals surface area contributed by atoms with Crippen LogP contribution in [-0.2, 0) is 4.79 Å². The van der Waals surface area contributed by atoms with Crippen LogP contribution in [0.25, 0.3) is 0 Å². The molecule has 0 saturated heterocycles. The number of hydrogen-bond acceptors (Lipinski definition) is 4. The number of hydrogen-bond donors (Lipinski definition) is 2. The number of amides is 1. The number of carbonyl (C=O) groups excluding carboxylic acids is 1. The van der Waals surface area contributed by atoms with Gasteiger partial charge in [0.25, 0.3) is 0 Å². The normalized spacial score (nSPS) is 12.0. The Morgan fingerprint density at radius 3 is 2.67 bits per heavy atom. The van der Waals surface area contributed by atoms with E-state index in [4.69, 9.17) is 0 Å². The summed E-state index contributed by atoms with van der Waals surface area (Å²) in [7, 11) is 0. The molecule has 1 amide bonds. The Morgan fingerprint density at radius 2 is 2.10 bits per heavy atom. The molecule has 5 nitrogen and oxygen atoms in total. The standard InChI is InChI=1S/C15H22N2O3S/c1-5-6-7-16-13(18)11(4)21-14-12(15(19)20)9(2)8-10(3)17-14/h8,11H,5-7H2,1-4H3,(H,16,18)(H,19,20). The van der Waals surface area contributed by atoms with E-state index < -0.39 is 5.97 Å². The fourth-order valence-electron chi connectivity index (χ4n) is 1.90. The van der Waals surface area contributed by atoms with Gasteiger partial charge in [0.1, 0.15) is 5.03 Å². The summed E-state index contributed by atoms with van der Waals surface area (Å²) in [5, 5.41) is 12.2. The van der Waals surface area contributed by atoms with Crippen LogP contribution in [0.1, 0.15) is 48.3 Å². The maximum Gasteiger partial charge on any atom is 0.338 e. The zero-order valence-corrected chi connectivity index (χ0v) is 13.7. The Morgan fingerprint density at radius 1 is 1.43 bits per heavy atom. The van der Waals surface area contributed by atoms with Gasteiger partial charge < -0.3 is 10.4 Å². The largest absolute Gasteiger partial charge is 0.478 e. The van der Waals surface area contributed by atoms with Crippen molar-refractivity contribution in [3.05, 3.63) is 22.9 Å². The summed E-state index contributed by atoms with van der Waals surface area (Å²) in [6.45, 7) is 8.02. The molecule has 0 spiro atoms. The predicted molar refractivity (Wildman–Crippen MR) is 83.9 cm³/mol. The van der Waals surface area contributed by atoms with Gasteiger partial charge in [0.15, 0.2) is 0 Å². The third-order valence-corrected chi connectivity index (χ3v) is 4.10. The van der Waals surface area contributed by atoms with Crippen molar-refractivity contribution in [2.75, 3.05) is 6.54 Å². The Bertz CT molecular complexity index is 532. The van der Waals surface area contributed by atoms with Crippen LogP contribution in [-0.4, -0.2) is 33.8 Å². The molecule has 0 aliphatic carbocycles. The maximum absolute atomic E-state index is 12.0. The zero-order valence-electron chi connectivity index (χ0n) is 12.9. The quantitative estimate of drug-likeness (QED) is 0.598. The first-order valence-electron chi connectivity index (χ1n) is 7.02. The number of aromatic carboxylic acids is 1. The molecule has 1 heterocycles. The van der Waals surface area contributed by atoms with E-state index in [9.17, 15) is 14.7 Å². The molecule has 0 aliphatic rings. The second-order valence-corrected chi connectivity index (χ2v) is 6.30. The number of rotatable bonds is 7. The smallest absolute Gasteiger partial charge is 0.338 e. The van der Waals surface area contributed by atoms with Crippen molar-refractivity contribution in [1.29, 1.82) is 0 Å². The lowest BCUT2D eigenvalue weighted by atomic mass is 10.1. The topological polar surface area (TPSA) is 79.3 Å². The molecule has 2 N–H and O–H groups in total. The summed E-state index contributed by atoms with van der Waals surface area (Å²) in [4.78, 5) is 27.6. The fraction of sp³-hybridized carbons (Fsp3) is 0.533. The molecule has 1 aromatic rings. The van der Waals surface area contributed by atoms with E-state index in [-0.39, 0.29) is 16.7 Å². The second kappa shape index (κ2) is 8.02. The number of unbranched alkanes of at least 4 members (excludes halogenated alkanes) is 1. The van der Waals surface area contributed by atoms with Gasteiger partial charge in [-0.25, -0.2) is 9.78 Å². The van der Waals surface area contributed by atoms with Crippen molar-refractivity contribution >= 4 is 23.6 Å². The summed E-state index contributed by atoms with van der Waals surface area (Å²) in [5.41, 5.74) is 1.59. The predicted octanol–water partition coefficient (Wildman–Crippen LogP) is 2.79. The highest BCUT2D eigenvalue weighted by molar-refractivity contribution is 8.00. The van der Waals surface area contributed by atoms with E-state index in [0.717, 1.165) is 18.5 Å². The number of carboxylic acids is 1. The molecule has 0 saturated carbocycles. The Balaban J connectivity index is 2.86. The van der Waals surface area contributed by atoms with Crippen molar-refractivity contribution < 1.29 is 14.7 Å². The SMILES string of the molecule is CCCCNC(=O)C(C)Sc1nc(C)cc(C)c1C(=O)O. The third-order valence-electron chi connectivity index (χ3n) is 3.01. The molecule has 21 heavy (non-hydrogen) atoms. The van der Waals surface area contributed by atoms with Gasteiger partial charge in [-0.15, -0.1) is 0 Å². The van der Waals surface area contributed by atoms with Crippen molar-refractivity contribution in [2.45, 2.75) is 50.8 Å². The molecule has 6 heteroatoms. The monoisotopic (exact) mass is 310 g/mol. The van der Waals surface area contributed by atoms with Gasteiger partial charge in [-0.05, 0) is 38.8 Å². The second-order valence-electron chi connectivity index (χ2n) is 4.97. The number of carbonyl (C=O) groups is 2. The fourth-order valence-corrected chi connectivity index (χ4v) is 2.99. The number of nitrogens with zero attached hydrogens (tertiary/aromatic N) is 1.